The molecular weight excluding hydrogens is 314 g/mol. The minimum Gasteiger partial charge on any atom is -0.396 e. The SMILES string of the molecule is CC(C)[C@@H]1CC[C@@H](C)C[C@@]1(O)C(=O)NCC(CCO)c1ccccc1. The number of carbonyl (C=O) groups excluding carboxylic acids is 1. The van der Waals surface area contributed by atoms with Gasteiger partial charge in [0.1, 0.15) is 5.60 Å². The van der Waals surface area contributed by atoms with Gasteiger partial charge in [0.25, 0.3) is 5.91 Å². The second-order valence-corrected chi connectivity index (χ2v) is 7.99. The first kappa shape index (κ1) is 19.9. The van der Waals surface area contributed by atoms with Crippen LogP contribution in [0.15, 0.2) is 30.3 Å². The van der Waals surface area contributed by atoms with Crippen LogP contribution >= 0.6 is 0 Å². The molecule has 1 aromatic carbocycles. The Hall–Kier alpha value is -1.39. The number of nitrogens with one attached hydrogen (secondary N) is 1. The Kier molecular flexibility index (Phi) is 7.03. The predicted molar refractivity (Wildman–Crippen MR) is 100 cm³/mol. The van der Waals surface area contributed by atoms with Crippen molar-refractivity contribution in [3.8, 4) is 0 Å². The summed E-state index contributed by atoms with van der Waals surface area (Å²) in [6.45, 7) is 6.78. The summed E-state index contributed by atoms with van der Waals surface area (Å²) in [5.74, 6) is 0.421. The monoisotopic (exact) mass is 347 g/mol. The number of benzene rings is 1. The van der Waals surface area contributed by atoms with Gasteiger partial charge in [-0.1, -0.05) is 57.5 Å². The molecule has 1 aliphatic carbocycles. The summed E-state index contributed by atoms with van der Waals surface area (Å²) in [5, 5.41) is 23.5. The molecule has 1 amide bonds. The molecule has 3 N–H and O–H groups in total. The number of amides is 1. The van der Waals surface area contributed by atoms with Gasteiger partial charge < -0.3 is 15.5 Å². The third kappa shape index (κ3) is 4.83. The molecule has 0 aromatic heterocycles. The maximum absolute atomic E-state index is 12.9. The zero-order valence-corrected chi connectivity index (χ0v) is 15.7. The van der Waals surface area contributed by atoms with Crippen molar-refractivity contribution in [1.29, 1.82) is 0 Å². The molecule has 1 saturated carbocycles. The first-order valence-electron chi connectivity index (χ1n) is 9.55. The van der Waals surface area contributed by atoms with Crippen LogP contribution in [0.3, 0.4) is 0 Å². The molecule has 25 heavy (non-hydrogen) atoms. The lowest BCUT2D eigenvalue weighted by atomic mass is 9.66. The molecule has 140 valence electrons. The second-order valence-electron chi connectivity index (χ2n) is 7.99. The van der Waals surface area contributed by atoms with E-state index >= 15 is 0 Å². The van der Waals surface area contributed by atoms with E-state index in [1.807, 2.05) is 30.3 Å². The quantitative estimate of drug-likeness (QED) is 0.710. The molecule has 1 aromatic rings. The summed E-state index contributed by atoms with van der Waals surface area (Å²) in [4.78, 5) is 12.9. The van der Waals surface area contributed by atoms with Gasteiger partial charge in [-0.05, 0) is 42.6 Å². The summed E-state index contributed by atoms with van der Waals surface area (Å²) in [5.41, 5.74) is -0.187. The van der Waals surface area contributed by atoms with Crippen LogP contribution in [-0.2, 0) is 4.79 Å². The van der Waals surface area contributed by atoms with Crippen LogP contribution in [0, 0.1) is 17.8 Å². The number of hydrogen-bond donors (Lipinski definition) is 3. The van der Waals surface area contributed by atoms with Crippen molar-refractivity contribution in [2.45, 2.75) is 58.0 Å². The first-order chi connectivity index (χ1) is 11.9. The Morgan fingerprint density at radius 1 is 1.28 bits per heavy atom. The molecule has 1 unspecified atom stereocenters. The highest BCUT2D eigenvalue weighted by atomic mass is 16.3. The summed E-state index contributed by atoms with van der Waals surface area (Å²) >= 11 is 0. The molecule has 4 nitrogen and oxygen atoms in total. The Balaban J connectivity index is 2.08. The zero-order chi connectivity index (χ0) is 18.4. The normalized spacial score (nSPS) is 27.9. The maximum Gasteiger partial charge on any atom is 0.252 e. The van der Waals surface area contributed by atoms with Crippen molar-refractivity contribution >= 4 is 5.91 Å². The number of aliphatic hydroxyl groups is 2. The Morgan fingerprint density at radius 2 is 1.96 bits per heavy atom. The first-order valence-corrected chi connectivity index (χ1v) is 9.55. The van der Waals surface area contributed by atoms with E-state index in [0.717, 1.165) is 18.4 Å². The van der Waals surface area contributed by atoms with E-state index in [1.165, 1.54) is 0 Å². The Morgan fingerprint density at radius 3 is 2.56 bits per heavy atom. The fourth-order valence-electron chi connectivity index (χ4n) is 4.27. The minimum atomic E-state index is -1.29. The minimum absolute atomic E-state index is 0.00304. The highest BCUT2D eigenvalue weighted by Crippen LogP contribution is 2.41. The summed E-state index contributed by atoms with van der Waals surface area (Å²) in [6, 6.07) is 9.92. The van der Waals surface area contributed by atoms with Crippen LogP contribution in [0.2, 0.25) is 0 Å². The second kappa shape index (κ2) is 8.81. The summed E-state index contributed by atoms with van der Waals surface area (Å²) in [6.07, 6.45) is 3.07. The van der Waals surface area contributed by atoms with Gasteiger partial charge in [0.2, 0.25) is 0 Å². The highest BCUT2D eigenvalue weighted by molar-refractivity contribution is 5.85. The van der Waals surface area contributed by atoms with E-state index in [2.05, 4.69) is 26.1 Å². The number of hydrogen-bond acceptors (Lipinski definition) is 3. The molecule has 0 aliphatic heterocycles. The molecular formula is C21H33NO3. The lowest BCUT2D eigenvalue weighted by molar-refractivity contribution is -0.155. The van der Waals surface area contributed by atoms with E-state index in [9.17, 15) is 15.0 Å². The van der Waals surface area contributed by atoms with Crippen molar-refractivity contribution in [2.75, 3.05) is 13.2 Å². The van der Waals surface area contributed by atoms with Crippen molar-refractivity contribution in [3.05, 3.63) is 35.9 Å². The third-order valence-electron chi connectivity index (χ3n) is 5.70. The van der Waals surface area contributed by atoms with Crippen LogP contribution in [0.25, 0.3) is 0 Å². The van der Waals surface area contributed by atoms with E-state index in [4.69, 9.17) is 0 Å². The number of rotatable bonds is 7. The molecule has 0 radical (unpaired) electrons. The van der Waals surface area contributed by atoms with Crippen molar-refractivity contribution < 1.29 is 15.0 Å². The predicted octanol–water partition coefficient (Wildman–Crippen LogP) is 3.09. The molecule has 2 rings (SSSR count). The van der Waals surface area contributed by atoms with E-state index in [-0.39, 0.29) is 30.3 Å². The van der Waals surface area contributed by atoms with Gasteiger partial charge in [-0.3, -0.25) is 4.79 Å². The van der Waals surface area contributed by atoms with E-state index in [0.29, 0.717) is 25.3 Å². The standard InChI is InChI=1S/C21H33NO3/c1-15(2)19-10-9-16(3)13-21(19,25)20(24)22-14-18(11-12-23)17-7-5-4-6-8-17/h4-8,15-16,18-19,23,25H,9-14H2,1-3H3,(H,22,24)/t16-,18?,19+,21+/m1/s1. The van der Waals surface area contributed by atoms with E-state index < -0.39 is 5.60 Å². The van der Waals surface area contributed by atoms with Gasteiger partial charge in [-0.2, -0.15) is 0 Å². The molecule has 0 bridgehead atoms. The smallest absolute Gasteiger partial charge is 0.252 e. The molecule has 0 heterocycles. The topological polar surface area (TPSA) is 69.6 Å². The molecule has 1 aliphatic rings. The molecule has 0 saturated heterocycles. The number of aliphatic hydroxyl groups excluding tert-OH is 1. The fourth-order valence-corrected chi connectivity index (χ4v) is 4.27. The Labute approximate surface area is 151 Å². The van der Waals surface area contributed by atoms with Crippen molar-refractivity contribution in [1.82, 2.24) is 5.32 Å². The zero-order valence-electron chi connectivity index (χ0n) is 15.7. The van der Waals surface area contributed by atoms with Gasteiger partial charge >= 0.3 is 0 Å². The summed E-state index contributed by atoms with van der Waals surface area (Å²) in [7, 11) is 0. The van der Waals surface area contributed by atoms with Crippen LogP contribution in [-0.4, -0.2) is 34.9 Å². The van der Waals surface area contributed by atoms with Crippen LogP contribution in [0.5, 0.6) is 0 Å². The van der Waals surface area contributed by atoms with Gasteiger partial charge in [0.05, 0.1) is 0 Å². The average Bonchev–Trinajstić information content (AvgIpc) is 2.58. The average molecular weight is 347 g/mol. The van der Waals surface area contributed by atoms with Gasteiger partial charge in [-0.25, -0.2) is 0 Å². The van der Waals surface area contributed by atoms with Crippen molar-refractivity contribution in [2.24, 2.45) is 17.8 Å². The van der Waals surface area contributed by atoms with Crippen LogP contribution in [0.1, 0.15) is 57.9 Å². The maximum atomic E-state index is 12.9. The molecule has 4 atom stereocenters. The van der Waals surface area contributed by atoms with Gasteiger partial charge in [-0.15, -0.1) is 0 Å². The number of carbonyl (C=O) groups is 1. The molecule has 0 spiro atoms. The third-order valence-corrected chi connectivity index (χ3v) is 5.70. The van der Waals surface area contributed by atoms with Gasteiger partial charge in [0.15, 0.2) is 0 Å². The largest absolute Gasteiger partial charge is 0.396 e. The molecule has 4 heteroatoms. The molecule has 1 fully saturated rings. The highest BCUT2D eigenvalue weighted by Gasteiger charge is 2.48. The Bertz CT molecular complexity index is 545. The lowest BCUT2D eigenvalue weighted by Gasteiger charge is -2.43. The van der Waals surface area contributed by atoms with Crippen molar-refractivity contribution in [3.63, 3.8) is 0 Å². The van der Waals surface area contributed by atoms with Crippen LogP contribution < -0.4 is 5.32 Å². The summed E-state index contributed by atoms with van der Waals surface area (Å²) < 4.78 is 0. The van der Waals surface area contributed by atoms with Gasteiger partial charge in [0, 0.05) is 19.1 Å². The fraction of sp³-hybridized carbons (Fsp3) is 0.667. The van der Waals surface area contributed by atoms with Crippen LogP contribution in [0.4, 0.5) is 0 Å². The lowest BCUT2D eigenvalue weighted by Crippen LogP contribution is -2.56. The van der Waals surface area contributed by atoms with E-state index in [1.54, 1.807) is 0 Å².